The highest BCUT2D eigenvalue weighted by molar-refractivity contribution is 4.90. The number of rotatable bonds is 0. The number of hydrogen-bond donors (Lipinski definition) is 2. The van der Waals surface area contributed by atoms with Gasteiger partial charge in [0.15, 0.2) is 0 Å². The molecule has 2 fully saturated rings. The first-order chi connectivity index (χ1) is 6.12. The third-order valence-corrected chi connectivity index (χ3v) is 3.04. The molecule has 0 aromatic heterocycles. The molecular formula is C10H20N2O. The van der Waals surface area contributed by atoms with Crippen molar-refractivity contribution in [3.05, 3.63) is 0 Å². The van der Waals surface area contributed by atoms with Gasteiger partial charge in [-0.1, -0.05) is 13.8 Å². The Balaban J connectivity index is 1.95. The van der Waals surface area contributed by atoms with Gasteiger partial charge in [-0.15, -0.1) is 0 Å². The zero-order chi connectivity index (χ0) is 9.36. The summed E-state index contributed by atoms with van der Waals surface area (Å²) >= 11 is 0. The van der Waals surface area contributed by atoms with Crippen LogP contribution in [0.1, 0.15) is 26.7 Å². The molecule has 2 heterocycles. The molecule has 76 valence electrons. The third kappa shape index (κ3) is 2.03. The van der Waals surface area contributed by atoms with Crippen molar-refractivity contribution in [3.63, 3.8) is 0 Å². The summed E-state index contributed by atoms with van der Waals surface area (Å²) in [7, 11) is 0. The van der Waals surface area contributed by atoms with Crippen LogP contribution in [0.4, 0.5) is 0 Å². The molecule has 0 bridgehead atoms. The first kappa shape index (κ1) is 9.44. The maximum absolute atomic E-state index is 5.97. The summed E-state index contributed by atoms with van der Waals surface area (Å²) in [5, 5.41) is 6.92. The van der Waals surface area contributed by atoms with Gasteiger partial charge >= 0.3 is 0 Å². The van der Waals surface area contributed by atoms with E-state index in [0.717, 1.165) is 39.1 Å². The summed E-state index contributed by atoms with van der Waals surface area (Å²) in [5.41, 5.74) is 0.302. The summed E-state index contributed by atoms with van der Waals surface area (Å²) < 4.78 is 5.97. The van der Waals surface area contributed by atoms with Gasteiger partial charge in [-0.25, -0.2) is 0 Å². The zero-order valence-corrected chi connectivity index (χ0v) is 8.65. The Hall–Kier alpha value is -0.120. The van der Waals surface area contributed by atoms with Crippen molar-refractivity contribution in [3.8, 4) is 0 Å². The normalized spacial score (nSPS) is 31.8. The van der Waals surface area contributed by atoms with E-state index in [9.17, 15) is 0 Å². The Morgan fingerprint density at radius 1 is 1.15 bits per heavy atom. The van der Waals surface area contributed by atoms with Crippen LogP contribution in [0.25, 0.3) is 0 Å². The predicted octanol–water partition coefficient (Wildman–Crippen LogP) is 0.712. The molecule has 2 rings (SSSR count). The van der Waals surface area contributed by atoms with Crippen molar-refractivity contribution in [2.24, 2.45) is 5.41 Å². The number of ether oxygens (including phenoxy) is 1. The molecule has 13 heavy (non-hydrogen) atoms. The van der Waals surface area contributed by atoms with Crippen LogP contribution in [0.5, 0.6) is 0 Å². The van der Waals surface area contributed by atoms with Gasteiger partial charge in [-0.3, -0.25) is 5.32 Å². The lowest BCUT2D eigenvalue weighted by atomic mass is 9.89. The minimum atomic E-state index is 0.000764. The van der Waals surface area contributed by atoms with Crippen LogP contribution in [-0.2, 0) is 4.74 Å². The first-order valence-corrected chi connectivity index (χ1v) is 5.22. The molecule has 0 aliphatic carbocycles. The molecule has 2 aliphatic heterocycles. The maximum atomic E-state index is 5.97. The molecule has 0 aromatic carbocycles. The van der Waals surface area contributed by atoms with Gasteiger partial charge in [-0.05, 0) is 13.1 Å². The fraction of sp³-hybridized carbons (Fsp3) is 1.00. The van der Waals surface area contributed by atoms with Crippen molar-refractivity contribution >= 4 is 0 Å². The van der Waals surface area contributed by atoms with Crippen LogP contribution < -0.4 is 10.6 Å². The predicted molar refractivity (Wildman–Crippen MR) is 52.6 cm³/mol. The van der Waals surface area contributed by atoms with Gasteiger partial charge in [0.25, 0.3) is 0 Å². The van der Waals surface area contributed by atoms with Gasteiger partial charge in [0.05, 0.1) is 6.61 Å². The molecule has 1 spiro atoms. The van der Waals surface area contributed by atoms with Crippen LogP contribution in [0.15, 0.2) is 0 Å². The van der Waals surface area contributed by atoms with Crippen molar-refractivity contribution in [1.82, 2.24) is 10.6 Å². The standard InChI is InChI=1S/C10H20N2O/c1-9(2)7-12-10(13-8-9)3-5-11-6-4-10/h11-12H,3-8H2,1-2H3. The van der Waals surface area contributed by atoms with Crippen LogP contribution in [0.2, 0.25) is 0 Å². The molecule has 0 saturated carbocycles. The minimum absolute atomic E-state index is 0.000764. The Morgan fingerprint density at radius 3 is 2.38 bits per heavy atom. The van der Waals surface area contributed by atoms with E-state index < -0.39 is 0 Å². The van der Waals surface area contributed by atoms with Crippen LogP contribution in [0, 0.1) is 5.41 Å². The second-order valence-electron chi connectivity index (χ2n) is 5.05. The van der Waals surface area contributed by atoms with Gasteiger partial charge in [0.1, 0.15) is 5.72 Å². The van der Waals surface area contributed by atoms with Gasteiger partial charge in [-0.2, -0.15) is 0 Å². The topological polar surface area (TPSA) is 33.3 Å². The quantitative estimate of drug-likeness (QED) is 0.582. The molecule has 2 aliphatic rings. The van der Waals surface area contributed by atoms with E-state index in [-0.39, 0.29) is 5.72 Å². The second kappa shape index (κ2) is 3.23. The summed E-state index contributed by atoms with van der Waals surface area (Å²) in [4.78, 5) is 0. The monoisotopic (exact) mass is 184 g/mol. The van der Waals surface area contributed by atoms with Crippen molar-refractivity contribution in [2.75, 3.05) is 26.2 Å². The average molecular weight is 184 g/mol. The zero-order valence-electron chi connectivity index (χ0n) is 8.65. The lowest BCUT2D eigenvalue weighted by molar-refractivity contribution is -0.150. The Kier molecular flexibility index (Phi) is 2.34. The maximum Gasteiger partial charge on any atom is 0.121 e. The smallest absolute Gasteiger partial charge is 0.121 e. The van der Waals surface area contributed by atoms with Gasteiger partial charge < -0.3 is 10.1 Å². The van der Waals surface area contributed by atoms with E-state index in [4.69, 9.17) is 4.74 Å². The van der Waals surface area contributed by atoms with E-state index in [1.54, 1.807) is 0 Å². The SMILES string of the molecule is CC1(C)CNC2(CCNCC2)OC1. The number of hydrogen-bond acceptors (Lipinski definition) is 3. The molecule has 2 saturated heterocycles. The molecule has 2 N–H and O–H groups in total. The molecule has 0 amide bonds. The highest BCUT2D eigenvalue weighted by atomic mass is 16.5. The summed E-state index contributed by atoms with van der Waals surface area (Å²) in [6.07, 6.45) is 2.20. The Morgan fingerprint density at radius 2 is 1.85 bits per heavy atom. The van der Waals surface area contributed by atoms with E-state index in [2.05, 4.69) is 24.5 Å². The van der Waals surface area contributed by atoms with Crippen molar-refractivity contribution < 1.29 is 4.74 Å². The molecule has 0 radical (unpaired) electrons. The summed E-state index contributed by atoms with van der Waals surface area (Å²) in [6.45, 7) is 8.61. The Labute approximate surface area is 80.2 Å². The molecule has 0 unspecified atom stereocenters. The van der Waals surface area contributed by atoms with E-state index in [1.807, 2.05) is 0 Å². The second-order valence-corrected chi connectivity index (χ2v) is 5.05. The van der Waals surface area contributed by atoms with E-state index in [1.165, 1.54) is 0 Å². The fourth-order valence-electron chi connectivity index (χ4n) is 1.99. The largest absolute Gasteiger partial charge is 0.360 e. The van der Waals surface area contributed by atoms with Crippen LogP contribution >= 0.6 is 0 Å². The summed E-state index contributed by atoms with van der Waals surface area (Å²) in [5.74, 6) is 0. The highest BCUT2D eigenvalue weighted by Crippen LogP contribution is 2.29. The molecule has 3 heteroatoms. The first-order valence-electron chi connectivity index (χ1n) is 5.22. The van der Waals surface area contributed by atoms with Crippen molar-refractivity contribution in [1.29, 1.82) is 0 Å². The molecule has 0 atom stereocenters. The minimum Gasteiger partial charge on any atom is -0.360 e. The highest BCUT2D eigenvalue weighted by Gasteiger charge is 2.39. The molecule has 3 nitrogen and oxygen atoms in total. The number of piperidine rings is 1. The third-order valence-electron chi connectivity index (χ3n) is 3.04. The van der Waals surface area contributed by atoms with Gasteiger partial charge in [0.2, 0.25) is 0 Å². The average Bonchev–Trinajstić information content (AvgIpc) is 2.13. The van der Waals surface area contributed by atoms with E-state index in [0.29, 0.717) is 5.41 Å². The molecule has 0 aromatic rings. The lowest BCUT2D eigenvalue weighted by Gasteiger charge is -2.46. The van der Waals surface area contributed by atoms with Crippen molar-refractivity contribution in [2.45, 2.75) is 32.4 Å². The molecular weight excluding hydrogens is 164 g/mol. The fourth-order valence-corrected chi connectivity index (χ4v) is 1.99. The van der Waals surface area contributed by atoms with E-state index >= 15 is 0 Å². The summed E-state index contributed by atoms with van der Waals surface area (Å²) in [6, 6.07) is 0. The van der Waals surface area contributed by atoms with Gasteiger partial charge in [0, 0.05) is 24.8 Å². The van der Waals surface area contributed by atoms with Crippen LogP contribution in [-0.4, -0.2) is 32.0 Å². The number of nitrogens with one attached hydrogen (secondary N) is 2. The Bertz CT molecular complexity index is 173. The lowest BCUT2D eigenvalue weighted by Crippen LogP contribution is -2.61. The van der Waals surface area contributed by atoms with Crippen LogP contribution in [0.3, 0.4) is 0 Å².